The van der Waals surface area contributed by atoms with Crippen molar-refractivity contribution in [1.29, 1.82) is 0 Å². The van der Waals surface area contributed by atoms with Crippen LogP contribution in [0.25, 0.3) is 0 Å². The highest BCUT2D eigenvalue weighted by molar-refractivity contribution is 5.76. The molecule has 0 spiro atoms. The summed E-state index contributed by atoms with van der Waals surface area (Å²) < 4.78 is 0. The maximum absolute atomic E-state index is 10.4. The summed E-state index contributed by atoms with van der Waals surface area (Å²) in [6.45, 7) is 0. The second-order valence-corrected chi connectivity index (χ2v) is 2.09. The van der Waals surface area contributed by atoms with Gasteiger partial charge in [-0.3, -0.25) is 4.79 Å². The van der Waals surface area contributed by atoms with Crippen molar-refractivity contribution < 1.29 is 14.5 Å². The van der Waals surface area contributed by atoms with Gasteiger partial charge in [0, 0.05) is 11.6 Å². The lowest BCUT2D eigenvalue weighted by Gasteiger charge is -2.02. The lowest BCUT2D eigenvalue weighted by atomic mass is 10.2. The zero-order valence-corrected chi connectivity index (χ0v) is 6.19. The Morgan fingerprint density at radius 2 is 1.58 bits per heavy atom. The predicted molar refractivity (Wildman–Crippen MR) is 41.5 cm³/mol. The van der Waals surface area contributed by atoms with E-state index in [1.807, 2.05) is 0 Å². The van der Waals surface area contributed by atoms with Crippen molar-refractivity contribution in [1.82, 2.24) is 0 Å². The summed E-state index contributed by atoms with van der Waals surface area (Å²) in [5, 5.41) is 0. The average molecular weight is 168 g/mol. The van der Waals surface area contributed by atoms with Crippen LogP contribution in [0.1, 0.15) is 10.4 Å². The molecule has 0 aliphatic carbocycles. The maximum Gasteiger partial charge on any atom is 0.151 e. The highest BCUT2D eigenvalue weighted by Gasteiger charge is 2.00. The SMILES string of the molecule is NOc1cc(C=O)cc(ON)c1. The molecule has 0 atom stereocenters. The third kappa shape index (κ3) is 1.71. The van der Waals surface area contributed by atoms with Crippen LogP contribution in [0.5, 0.6) is 11.5 Å². The number of nitrogens with two attached hydrogens (primary N) is 2. The third-order valence-corrected chi connectivity index (χ3v) is 1.31. The Bertz CT molecular complexity index is 266. The van der Waals surface area contributed by atoms with Gasteiger partial charge < -0.3 is 9.68 Å². The first-order valence-electron chi connectivity index (χ1n) is 3.14. The third-order valence-electron chi connectivity index (χ3n) is 1.31. The Labute approximate surface area is 68.8 Å². The van der Waals surface area contributed by atoms with Crippen LogP contribution in [0, 0.1) is 0 Å². The summed E-state index contributed by atoms with van der Waals surface area (Å²) in [5.41, 5.74) is 0.387. The van der Waals surface area contributed by atoms with Crippen LogP contribution in [0.2, 0.25) is 0 Å². The number of carbonyl (C=O) groups excluding carboxylic acids is 1. The van der Waals surface area contributed by atoms with Gasteiger partial charge in [0.15, 0.2) is 11.5 Å². The number of carbonyl (C=O) groups is 1. The normalized spacial score (nSPS) is 9.17. The van der Waals surface area contributed by atoms with Crippen LogP contribution in [0.15, 0.2) is 18.2 Å². The Morgan fingerprint density at radius 1 is 1.08 bits per heavy atom. The van der Waals surface area contributed by atoms with Gasteiger partial charge in [-0.1, -0.05) is 0 Å². The first-order chi connectivity index (χ1) is 5.80. The lowest BCUT2D eigenvalue weighted by Crippen LogP contribution is -2.05. The van der Waals surface area contributed by atoms with Crippen molar-refractivity contribution in [3.63, 3.8) is 0 Å². The molecule has 1 aromatic carbocycles. The highest BCUT2D eigenvalue weighted by atomic mass is 16.6. The molecule has 0 saturated carbocycles. The molecule has 4 N–H and O–H groups in total. The molecule has 64 valence electrons. The molecule has 0 aromatic heterocycles. The van der Waals surface area contributed by atoms with E-state index in [9.17, 15) is 4.79 Å². The van der Waals surface area contributed by atoms with Gasteiger partial charge in [-0.2, -0.15) is 11.8 Å². The second-order valence-electron chi connectivity index (χ2n) is 2.09. The van der Waals surface area contributed by atoms with E-state index in [4.69, 9.17) is 11.8 Å². The van der Waals surface area contributed by atoms with Crippen molar-refractivity contribution in [2.24, 2.45) is 11.8 Å². The molecule has 0 fully saturated rings. The molecule has 12 heavy (non-hydrogen) atoms. The molecule has 0 aliphatic rings. The van der Waals surface area contributed by atoms with Crippen LogP contribution in [0.3, 0.4) is 0 Å². The van der Waals surface area contributed by atoms with Crippen LogP contribution in [-0.4, -0.2) is 6.29 Å². The molecular formula is C7H8N2O3. The smallest absolute Gasteiger partial charge is 0.151 e. The second kappa shape index (κ2) is 3.70. The highest BCUT2D eigenvalue weighted by Crippen LogP contribution is 2.20. The van der Waals surface area contributed by atoms with Crippen LogP contribution in [-0.2, 0) is 0 Å². The van der Waals surface area contributed by atoms with E-state index >= 15 is 0 Å². The Balaban J connectivity index is 3.09. The fraction of sp³-hybridized carbons (Fsp3) is 0. The molecule has 0 bridgehead atoms. The molecule has 0 radical (unpaired) electrons. The molecule has 0 heterocycles. The maximum atomic E-state index is 10.4. The first kappa shape index (κ1) is 8.51. The molecule has 0 unspecified atom stereocenters. The topological polar surface area (TPSA) is 87.6 Å². The van der Waals surface area contributed by atoms with Crippen LogP contribution >= 0.6 is 0 Å². The largest absolute Gasteiger partial charge is 0.411 e. The summed E-state index contributed by atoms with van der Waals surface area (Å²) in [5.74, 6) is 10.4. The van der Waals surface area contributed by atoms with Gasteiger partial charge in [-0.15, -0.1) is 0 Å². The van der Waals surface area contributed by atoms with E-state index in [-0.39, 0.29) is 0 Å². The van der Waals surface area contributed by atoms with Gasteiger partial charge in [0.1, 0.15) is 6.29 Å². The van der Waals surface area contributed by atoms with E-state index in [0.717, 1.165) is 0 Å². The summed E-state index contributed by atoms with van der Waals surface area (Å²) in [4.78, 5) is 19.2. The Kier molecular flexibility index (Phi) is 2.62. The Hall–Kier alpha value is -1.59. The van der Waals surface area contributed by atoms with E-state index < -0.39 is 0 Å². The zero-order valence-electron chi connectivity index (χ0n) is 6.19. The summed E-state index contributed by atoms with van der Waals surface area (Å²) >= 11 is 0. The molecule has 5 heteroatoms. The quantitative estimate of drug-likeness (QED) is 0.490. The van der Waals surface area contributed by atoms with Gasteiger partial charge in [-0.05, 0) is 12.1 Å². The standard InChI is InChI=1S/C7H8N2O3/c8-11-6-1-5(4-10)2-7(3-6)12-9/h1-4H,8-9H2. The number of benzene rings is 1. The van der Waals surface area contributed by atoms with Crippen molar-refractivity contribution >= 4 is 6.29 Å². The van der Waals surface area contributed by atoms with Gasteiger partial charge in [-0.25, -0.2) is 0 Å². The van der Waals surface area contributed by atoms with Crippen LogP contribution < -0.4 is 21.5 Å². The van der Waals surface area contributed by atoms with Crippen molar-refractivity contribution in [2.45, 2.75) is 0 Å². The minimum absolute atomic E-state index is 0.319. The molecule has 5 nitrogen and oxygen atoms in total. The van der Waals surface area contributed by atoms with Crippen molar-refractivity contribution in [3.05, 3.63) is 23.8 Å². The molecule has 0 aliphatic heterocycles. The molecule has 1 aromatic rings. The van der Waals surface area contributed by atoms with E-state index in [1.54, 1.807) is 0 Å². The average Bonchev–Trinajstić information content (AvgIpc) is 2.16. The van der Waals surface area contributed by atoms with E-state index in [2.05, 4.69) is 9.68 Å². The zero-order chi connectivity index (χ0) is 8.97. The molecule has 0 amide bonds. The van der Waals surface area contributed by atoms with Crippen LogP contribution in [0.4, 0.5) is 0 Å². The van der Waals surface area contributed by atoms with Gasteiger partial charge in [0.25, 0.3) is 0 Å². The minimum atomic E-state index is 0.319. The van der Waals surface area contributed by atoms with E-state index in [1.165, 1.54) is 18.2 Å². The number of hydrogen-bond donors (Lipinski definition) is 2. The van der Waals surface area contributed by atoms with Gasteiger partial charge >= 0.3 is 0 Å². The fourth-order valence-electron chi connectivity index (χ4n) is 0.798. The summed E-state index contributed by atoms with van der Waals surface area (Å²) in [6.07, 6.45) is 0.644. The van der Waals surface area contributed by atoms with Crippen molar-refractivity contribution in [2.75, 3.05) is 0 Å². The number of aldehydes is 1. The fourth-order valence-corrected chi connectivity index (χ4v) is 0.798. The number of hydrogen-bond acceptors (Lipinski definition) is 5. The molecular weight excluding hydrogens is 160 g/mol. The predicted octanol–water partition coefficient (Wildman–Crippen LogP) is 0.00410. The first-order valence-corrected chi connectivity index (χ1v) is 3.14. The van der Waals surface area contributed by atoms with E-state index in [0.29, 0.717) is 23.3 Å². The van der Waals surface area contributed by atoms with Gasteiger partial charge in [0.2, 0.25) is 0 Å². The minimum Gasteiger partial charge on any atom is -0.411 e. The molecule has 0 saturated heterocycles. The molecule has 1 rings (SSSR count). The summed E-state index contributed by atoms with van der Waals surface area (Å²) in [7, 11) is 0. The number of rotatable bonds is 3. The Morgan fingerprint density at radius 3 is 1.92 bits per heavy atom. The lowest BCUT2D eigenvalue weighted by molar-refractivity contribution is 0.112. The van der Waals surface area contributed by atoms with Crippen molar-refractivity contribution in [3.8, 4) is 11.5 Å². The van der Waals surface area contributed by atoms with Gasteiger partial charge in [0.05, 0.1) is 0 Å². The summed E-state index contributed by atoms with van der Waals surface area (Å²) in [6, 6.07) is 4.40. The monoisotopic (exact) mass is 168 g/mol.